The highest BCUT2D eigenvalue weighted by Gasteiger charge is 2.25. The van der Waals surface area contributed by atoms with Crippen LogP contribution in [0.15, 0.2) is 42.2 Å². The maximum Gasteiger partial charge on any atom is 0.373 e. The van der Waals surface area contributed by atoms with E-state index in [1.54, 1.807) is 23.7 Å². The average molecular weight is 329 g/mol. The maximum absolute atomic E-state index is 11.4. The fourth-order valence-electron chi connectivity index (χ4n) is 1.80. The molecule has 3 aromatic rings. The second-order valence-electron chi connectivity index (χ2n) is 4.51. The van der Waals surface area contributed by atoms with Crippen molar-refractivity contribution in [3.63, 3.8) is 0 Å². The number of nitrogens with one attached hydrogen (secondary N) is 1. The van der Waals surface area contributed by atoms with E-state index in [9.17, 15) is 10.1 Å². The molecule has 0 atom stereocenters. The van der Waals surface area contributed by atoms with Crippen molar-refractivity contribution < 1.29 is 9.66 Å². The number of anilines is 2. The standard InChI is InChI=1S/C14H11N5O3S/c1-9-2-4-10(5-3-9)22-13-11(19(20)21)12(16-8-17-13)18-14-15-6-7-23-14/h2-8H,1H3,(H,15,16,17,18). The summed E-state index contributed by atoms with van der Waals surface area (Å²) < 4.78 is 5.54. The topological polar surface area (TPSA) is 103 Å². The summed E-state index contributed by atoms with van der Waals surface area (Å²) in [6.07, 6.45) is 2.79. The summed E-state index contributed by atoms with van der Waals surface area (Å²) in [6, 6.07) is 7.12. The number of ether oxygens (including phenoxy) is 1. The normalized spacial score (nSPS) is 10.3. The van der Waals surface area contributed by atoms with Crippen molar-refractivity contribution >= 4 is 28.0 Å². The molecule has 1 N–H and O–H groups in total. The number of rotatable bonds is 5. The molecule has 0 aliphatic heterocycles. The van der Waals surface area contributed by atoms with Crippen LogP contribution in [0.4, 0.5) is 16.6 Å². The molecule has 9 heteroatoms. The van der Waals surface area contributed by atoms with E-state index in [-0.39, 0.29) is 17.4 Å². The molecule has 2 heterocycles. The molecule has 0 bridgehead atoms. The maximum atomic E-state index is 11.4. The van der Waals surface area contributed by atoms with E-state index in [0.29, 0.717) is 10.9 Å². The lowest BCUT2D eigenvalue weighted by atomic mass is 10.2. The van der Waals surface area contributed by atoms with Gasteiger partial charge in [0.2, 0.25) is 5.82 Å². The molecule has 2 aromatic heterocycles. The van der Waals surface area contributed by atoms with Crippen molar-refractivity contribution in [2.24, 2.45) is 0 Å². The lowest BCUT2D eigenvalue weighted by molar-refractivity contribution is -0.385. The van der Waals surface area contributed by atoms with Gasteiger partial charge in [0.05, 0.1) is 4.92 Å². The van der Waals surface area contributed by atoms with Gasteiger partial charge in [-0.05, 0) is 19.1 Å². The molecule has 3 rings (SSSR count). The molecular formula is C14H11N5O3S. The zero-order valence-corrected chi connectivity index (χ0v) is 12.8. The van der Waals surface area contributed by atoms with Gasteiger partial charge in [0.25, 0.3) is 0 Å². The molecule has 0 radical (unpaired) electrons. The number of hydrogen-bond acceptors (Lipinski definition) is 8. The van der Waals surface area contributed by atoms with Crippen LogP contribution < -0.4 is 10.1 Å². The highest BCUT2D eigenvalue weighted by molar-refractivity contribution is 7.13. The van der Waals surface area contributed by atoms with E-state index in [1.165, 1.54) is 17.7 Å². The van der Waals surface area contributed by atoms with Gasteiger partial charge in [0, 0.05) is 11.6 Å². The van der Waals surface area contributed by atoms with Crippen LogP contribution in [0.25, 0.3) is 0 Å². The predicted octanol–water partition coefficient (Wildman–Crippen LogP) is 3.69. The van der Waals surface area contributed by atoms with Crippen molar-refractivity contribution in [3.05, 3.63) is 57.8 Å². The van der Waals surface area contributed by atoms with Crippen molar-refractivity contribution in [1.82, 2.24) is 15.0 Å². The minimum atomic E-state index is -0.584. The Morgan fingerprint density at radius 3 is 2.65 bits per heavy atom. The predicted molar refractivity (Wildman–Crippen MR) is 85.3 cm³/mol. The third kappa shape index (κ3) is 3.40. The fourth-order valence-corrected chi connectivity index (χ4v) is 2.33. The van der Waals surface area contributed by atoms with Gasteiger partial charge in [0.1, 0.15) is 12.1 Å². The van der Waals surface area contributed by atoms with E-state index < -0.39 is 4.92 Å². The Balaban J connectivity index is 1.96. The first-order valence-electron chi connectivity index (χ1n) is 6.54. The second kappa shape index (κ2) is 6.36. The number of aromatic nitrogens is 3. The van der Waals surface area contributed by atoms with E-state index in [2.05, 4.69) is 20.3 Å². The molecule has 0 saturated carbocycles. The van der Waals surface area contributed by atoms with Crippen molar-refractivity contribution in [2.45, 2.75) is 6.92 Å². The van der Waals surface area contributed by atoms with Gasteiger partial charge < -0.3 is 10.1 Å². The number of nitro groups is 1. The average Bonchev–Trinajstić information content (AvgIpc) is 3.02. The molecule has 0 saturated heterocycles. The van der Waals surface area contributed by atoms with E-state index in [0.717, 1.165) is 5.56 Å². The third-order valence-corrected chi connectivity index (χ3v) is 3.55. The van der Waals surface area contributed by atoms with E-state index >= 15 is 0 Å². The first kappa shape index (κ1) is 14.9. The minimum Gasteiger partial charge on any atom is -0.434 e. The Morgan fingerprint density at radius 1 is 1.22 bits per heavy atom. The Kier molecular flexibility index (Phi) is 4.11. The molecule has 0 aliphatic carbocycles. The summed E-state index contributed by atoms with van der Waals surface area (Å²) in [5.41, 5.74) is 0.712. The van der Waals surface area contributed by atoms with Crippen LogP contribution in [0, 0.1) is 17.0 Å². The van der Waals surface area contributed by atoms with Crippen LogP contribution in [0.3, 0.4) is 0 Å². The van der Waals surface area contributed by atoms with Crippen LogP contribution in [0.5, 0.6) is 11.6 Å². The summed E-state index contributed by atoms with van der Waals surface area (Å²) in [6.45, 7) is 1.94. The first-order chi connectivity index (χ1) is 11.1. The zero-order chi connectivity index (χ0) is 16.2. The monoisotopic (exact) mass is 329 g/mol. The fraction of sp³-hybridized carbons (Fsp3) is 0.0714. The highest BCUT2D eigenvalue weighted by atomic mass is 32.1. The number of hydrogen-bond donors (Lipinski definition) is 1. The smallest absolute Gasteiger partial charge is 0.373 e. The molecule has 0 fully saturated rings. The SMILES string of the molecule is Cc1ccc(Oc2ncnc(Nc3nccs3)c2[N+](=O)[O-])cc1. The van der Waals surface area contributed by atoms with Crippen molar-refractivity contribution in [1.29, 1.82) is 0 Å². The lowest BCUT2D eigenvalue weighted by Crippen LogP contribution is -2.03. The number of aryl methyl sites for hydroxylation is 1. The van der Waals surface area contributed by atoms with Gasteiger partial charge in [-0.1, -0.05) is 17.7 Å². The summed E-state index contributed by atoms with van der Waals surface area (Å²) >= 11 is 1.30. The third-order valence-electron chi connectivity index (χ3n) is 2.86. The molecule has 116 valence electrons. The Morgan fingerprint density at radius 2 is 2.00 bits per heavy atom. The number of nitrogens with zero attached hydrogens (tertiary/aromatic N) is 4. The van der Waals surface area contributed by atoms with Gasteiger partial charge in [-0.2, -0.15) is 4.98 Å². The van der Waals surface area contributed by atoms with Gasteiger partial charge in [-0.3, -0.25) is 10.1 Å². The summed E-state index contributed by atoms with van der Waals surface area (Å²) in [4.78, 5) is 22.6. The number of benzene rings is 1. The van der Waals surface area contributed by atoms with E-state index in [1.807, 2.05) is 19.1 Å². The van der Waals surface area contributed by atoms with Crippen LogP contribution in [-0.4, -0.2) is 19.9 Å². The van der Waals surface area contributed by atoms with Gasteiger partial charge >= 0.3 is 11.6 Å². The lowest BCUT2D eigenvalue weighted by Gasteiger charge is -2.08. The molecule has 23 heavy (non-hydrogen) atoms. The summed E-state index contributed by atoms with van der Waals surface area (Å²) in [5, 5.41) is 16.5. The molecule has 0 unspecified atom stereocenters. The number of thiazole rings is 1. The summed E-state index contributed by atoms with van der Waals surface area (Å²) in [5.74, 6) is 0.354. The molecular weight excluding hydrogens is 318 g/mol. The molecule has 0 amide bonds. The quantitative estimate of drug-likeness (QED) is 0.562. The Hall–Kier alpha value is -3.07. The van der Waals surface area contributed by atoms with Crippen molar-refractivity contribution in [2.75, 3.05) is 5.32 Å². The van der Waals surface area contributed by atoms with Crippen LogP contribution >= 0.6 is 11.3 Å². The van der Waals surface area contributed by atoms with Gasteiger partial charge in [0.15, 0.2) is 5.13 Å². The van der Waals surface area contributed by atoms with E-state index in [4.69, 9.17) is 4.74 Å². The molecule has 8 nitrogen and oxygen atoms in total. The van der Waals surface area contributed by atoms with Crippen LogP contribution in [0.1, 0.15) is 5.56 Å². The molecule has 0 spiro atoms. The van der Waals surface area contributed by atoms with Crippen LogP contribution in [0.2, 0.25) is 0 Å². The summed E-state index contributed by atoms with van der Waals surface area (Å²) in [7, 11) is 0. The van der Waals surface area contributed by atoms with Gasteiger partial charge in [-0.25, -0.2) is 9.97 Å². The Labute approximate surface area is 135 Å². The molecule has 1 aromatic carbocycles. The van der Waals surface area contributed by atoms with Crippen molar-refractivity contribution in [3.8, 4) is 11.6 Å². The Bertz CT molecular complexity index is 821. The minimum absolute atomic E-state index is 0.0297. The largest absolute Gasteiger partial charge is 0.434 e. The first-order valence-corrected chi connectivity index (χ1v) is 7.42. The zero-order valence-electron chi connectivity index (χ0n) is 12.0. The molecule has 0 aliphatic rings. The van der Waals surface area contributed by atoms with Gasteiger partial charge in [-0.15, -0.1) is 11.3 Å². The highest BCUT2D eigenvalue weighted by Crippen LogP contribution is 2.35. The van der Waals surface area contributed by atoms with Crippen LogP contribution in [-0.2, 0) is 0 Å². The second-order valence-corrected chi connectivity index (χ2v) is 5.41.